The van der Waals surface area contributed by atoms with E-state index < -0.39 is 29.7 Å². The zero-order valence-electron chi connectivity index (χ0n) is 15.2. The van der Waals surface area contributed by atoms with Crippen LogP contribution in [0.2, 0.25) is 0 Å². The molecule has 26 heavy (non-hydrogen) atoms. The van der Waals surface area contributed by atoms with Crippen molar-refractivity contribution < 1.29 is 33.3 Å². The lowest BCUT2D eigenvalue weighted by Crippen LogP contribution is -2.52. The van der Waals surface area contributed by atoms with Crippen LogP contribution in [0.1, 0.15) is 31.0 Å². The molecule has 4 rings (SSSR count). The number of rotatable bonds is 2. The monoisotopic (exact) mass is 363 g/mol. The fraction of sp³-hybridized carbons (Fsp3) is 0.556. The quantitative estimate of drug-likeness (QED) is 0.576. The fourth-order valence-electron chi connectivity index (χ4n) is 3.87. The van der Waals surface area contributed by atoms with Gasteiger partial charge in [-0.3, -0.25) is 14.5 Å². The molecule has 3 aliphatic rings. The number of cyclic esters (lactones) is 2. The average Bonchev–Trinajstić information content (AvgIpc) is 3.01. The Morgan fingerprint density at radius 1 is 1.19 bits per heavy atom. The standard InChI is InChI=1S/C18H21NO7/c1-18(2)25-16(20)12(17(21)26-18)13-11-9(5-6-19(13)3)7-10-14(15(11)22-4)24-8-23-10/h7,12-13H,5-6,8H2,1-4H3. The highest BCUT2D eigenvalue weighted by Crippen LogP contribution is 2.51. The topological polar surface area (TPSA) is 83.5 Å². The number of esters is 2. The molecule has 0 amide bonds. The second-order valence-electron chi connectivity index (χ2n) is 7.11. The van der Waals surface area contributed by atoms with Gasteiger partial charge in [-0.15, -0.1) is 0 Å². The summed E-state index contributed by atoms with van der Waals surface area (Å²) in [4.78, 5) is 27.3. The second-order valence-corrected chi connectivity index (χ2v) is 7.11. The maximum absolute atomic E-state index is 12.7. The van der Waals surface area contributed by atoms with E-state index in [-0.39, 0.29) is 6.79 Å². The summed E-state index contributed by atoms with van der Waals surface area (Å²) < 4.78 is 27.3. The van der Waals surface area contributed by atoms with Gasteiger partial charge in [-0.2, -0.15) is 0 Å². The maximum Gasteiger partial charge on any atom is 0.325 e. The predicted octanol–water partition coefficient (Wildman–Crippen LogP) is 1.41. The lowest BCUT2D eigenvalue weighted by Gasteiger charge is -2.42. The number of methoxy groups -OCH3 is 1. The van der Waals surface area contributed by atoms with Crippen LogP contribution in [0.4, 0.5) is 0 Å². The molecule has 1 atom stereocenters. The third kappa shape index (κ3) is 2.47. The van der Waals surface area contributed by atoms with Gasteiger partial charge in [0.05, 0.1) is 13.2 Å². The van der Waals surface area contributed by atoms with Crippen molar-refractivity contribution >= 4 is 11.9 Å². The van der Waals surface area contributed by atoms with Gasteiger partial charge in [0.15, 0.2) is 17.4 Å². The van der Waals surface area contributed by atoms with Crippen LogP contribution in [-0.2, 0) is 25.5 Å². The van der Waals surface area contributed by atoms with Gasteiger partial charge < -0.3 is 23.7 Å². The van der Waals surface area contributed by atoms with Crippen LogP contribution >= 0.6 is 0 Å². The van der Waals surface area contributed by atoms with E-state index in [2.05, 4.69) is 0 Å². The highest BCUT2D eigenvalue weighted by molar-refractivity contribution is 5.98. The van der Waals surface area contributed by atoms with Crippen molar-refractivity contribution in [3.63, 3.8) is 0 Å². The average molecular weight is 363 g/mol. The molecule has 0 bridgehead atoms. The Bertz CT molecular complexity index is 768. The highest BCUT2D eigenvalue weighted by atomic mass is 16.7. The Morgan fingerprint density at radius 3 is 2.54 bits per heavy atom. The summed E-state index contributed by atoms with van der Waals surface area (Å²) in [5.41, 5.74) is 1.70. The zero-order valence-corrected chi connectivity index (χ0v) is 15.2. The number of benzene rings is 1. The molecule has 0 aliphatic carbocycles. The van der Waals surface area contributed by atoms with Gasteiger partial charge in [0, 0.05) is 26.0 Å². The summed E-state index contributed by atoms with van der Waals surface area (Å²) in [6.45, 7) is 3.85. The van der Waals surface area contributed by atoms with Crippen molar-refractivity contribution in [3.05, 3.63) is 17.2 Å². The molecule has 1 aromatic carbocycles. The molecule has 140 valence electrons. The summed E-state index contributed by atoms with van der Waals surface area (Å²) in [6.07, 6.45) is 0.734. The van der Waals surface area contributed by atoms with Gasteiger partial charge in [0.2, 0.25) is 12.5 Å². The molecular formula is C18H21NO7. The van der Waals surface area contributed by atoms with Crippen LogP contribution in [0.15, 0.2) is 6.07 Å². The van der Waals surface area contributed by atoms with Crippen molar-refractivity contribution in [2.75, 3.05) is 27.5 Å². The van der Waals surface area contributed by atoms with Crippen LogP contribution in [0.25, 0.3) is 0 Å². The molecule has 0 radical (unpaired) electrons. The van der Waals surface area contributed by atoms with Crippen LogP contribution in [-0.4, -0.2) is 50.1 Å². The maximum atomic E-state index is 12.7. The summed E-state index contributed by atoms with van der Waals surface area (Å²) in [5, 5.41) is 0. The summed E-state index contributed by atoms with van der Waals surface area (Å²) in [5.74, 6) is -1.98. The van der Waals surface area contributed by atoms with Crippen molar-refractivity contribution in [3.8, 4) is 17.2 Å². The van der Waals surface area contributed by atoms with Gasteiger partial charge in [-0.05, 0) is 25.1 Å². The number of ether oxygens (including phenoxy) is 5. The van der Waals surface area contributed by atoms with Crippen LogP contribution < -0.4 is 14.2 Å². The van der Waals surface area contributed by atoms with E-state index in [1.807, 2.05) is 18.0 Å². The van der Waals surface area contributed by atoms with Gasteiger partial charge in [-0.1, -0.05) is 0 Å². The van der Waals surface area contributed by atoms with E-state index in [9.17, 15) is 9.59 Å². The molecule has 1 unspecified atom stereocenters. The number of fused-ring (bicyclic) bond motifs is 2. The minimum absolute atomic E-state index is 0.108. The first-order valence-electron chi connectivity index (χ1n) is 8.47. The van der Waals surface area contributed by atoms with E-state index in [4.69, 9.17) is 23.7 Å². The predicted molar refractivity (Wildman–Crippen MR) is 87.9 cm³/mol. The van der Waals surface area contributed by atoms with Gasteiger partial charge >= 0.3 is 11.9 Å². The molecule has 8 nitrogen and oxygen atoms in total. The number of hydrogen-bond acceptors (Lipinski definition) is 8. The first-order valence-corrected chi connectivity index (χ1v) is 8.47. The lowest BCUT2D eigenvalue weighted by molar-refractivity contribution is -0.243. The van der Waals surface area contributed by atoms with Crippen molar-refractivity contribution in [2.45, 2.75) is 32.1 Å². The van der Waals surface area contributed by atoms with Gasteiger partial charge in [-0.25, -0.2) is 0 Å². The Kier molecular flexibility index (Phi) is 3.76. The molecule has 3 aliphatic heterocycles. The minimum atomic E-state index is -1.26. The van der Waals surface area contributed by atoms with Crippen molar-refractivity contribution in [1.29, 1.82) is 0 Å². The second kappa shape index (κ2) is 5.77. The molecule has 0 aromatic heterocycles. The number of likely N-dealkylation sites (N-methyl/N-ethyl adjacent to an activating group) is 1. The van der Waals surface area contributed by atoms with E-state index in [0.29, 0.717) is 23.8 Å². The number of carbonyl (C=O) groups is 2. The molecule has 1 fully saturated rings. The molecule has 0 spiro atoms. The Labute approximate surface area is 150 Å². The number of nitrogens with zero attached hydrogens (tertiary/aromatic N) is 1. The molecule has 1 aromatic rings. The molecule has 0 N–H and O–H groups in total. The summed E-state index contributed by atoms with van der Waals surface area (Å²) in [6, 6.07) is 1.32. The highest BCUT2D eigenvalue weighted by Gasteiger charge is 2.51. The van der Waals surface area contributed by atoms with Crippen LogP contribution in [0.3, 0.4) is 0 Å². The normalized spacial score (nSPS) is 24.7. The Morgan fingerprint density at radius 2 is 1.88 bits per heavy atom. The van der Waals surface area contributed by atoms with Crippen LogP contribution in [0.5, 0.6) is 17.2 Å². The summed E-state index contributed by atoms with van der Waals surface area (Å²) in [7, 11) is 3.39. The molecule has 0 saturated carbocycles. The third-order valence-corrected chi connectivity index (χ3v) is 4.97. The lowest BCUT2D eigenvalue weighted by atomic mass is 9.83. The molecule has 8 heteroatoms. The van der Waals surface area contributed by atoms with E-state index in [1.165, 1.54) is 21.0 Å². The largest absolute Gasteiger partial charge is 0.492 e. The minimum Gasteiger partial charge on any atom is -0.492 e. The van der Waals surface area contributed by atoms with E-state index in [0.717, 1.165) is 17.5 Å². The number of carbonyl (C=O) groups excluding carboxylic acids is 2. The van der Waals surface area contributed by atoms with Gasteiger partial charge in [0.25, 0.3) is 5.79 Å². The smallest absolute Gasteiger partial charge is 0.325 e. The van der Waals surface area contributed by atoms with Crippen LogP contribution in [0, 0.1) is 5.92 Å². The summed E-state index contributed by atoms with van der Waals surface area (Å²) >= 11 is 0. The Balaban J connectivity index is 1.84. The van der Waals surface area contributed by atoms with E-state index >= 15 is 0 Å². The molecular weight excluding hydrogens is 342 g/mol. The SMILES string of the molecule is COc1c2c(cc3c1C(C1C(=O)OC(C)(C)OC1=O)N(C)CC3)OCO2. The zero-order chi connectivity index (χ0) is 18.6. The third-order valence-electron chi connectivity index (χ3n) is 4.97. The first kappa shape index (κ1) is 17.0. The fourth-order valence-corrected chi connectivity index (χ4v) is 3.87. The molecule has 1 saturated heterocycles. The first-order chi connectivity index (χ1) is 12.3. The Hall–Kier alpha value is -2.48. The molecule has 3 heterocycles. The van der Waals surface area contributed by atoms with Gasteiger partial charge in [0.1, 0.15) is 0 Å². The number of hydrogen-bond donors (Lipinski definition) is 0. The van der Waals surface area contributed by atoms with Crippen molar-refractivity contribution in [2.24, 2.45) is 5.92 Å². The van der Waals surface area contributed by atoms with Crippen molar-refractivity contribution in [1.82, 2.24) is 4.90 Å². The van der Waals surface area contributed by atoms with E-state index in [1.54, 1.807) is 0 Å².